The van der Waals surface area contributed by atoms with Crippen molar-refractivity contribution in [1.82, 2.24) is 9.80 Å². The number of likely N-dealkylation sites (tertiary alicyclic amines) is 1. The molecule has 2 heterocycles. The molecule has 1 unspecified atom stereocenters. The minimum absolute atomic E-state index is 0.0848. The normalized spacial score (nSPS) is 30.1. The molecule has 25 heavy (non-hydrogen) atoms. The molecule has 1 aromatic carbocycles. The summed E-state index contributed by atoms with van der Waals surface area (Å²) in [5.41, 5.74) is 0.728. The standard InChI is InChI=1S/C20H28N2O3/c1-15-3-2-8-22(15)17-13-19(14-17)25-18-6-4-16(5-7-18)20(23)21-9-11-24-12-10-21/h4-7,15,17,19H,2-3,8-14H2,1H3. The van der Waals surface area contributed by atoms with Crippen molar-refractivity contribution in [2.24, 2.45) is 0 Å². The van der Waals surface area contributed by atoms with Gasteiger partial charge in [-0.2, -0.15) is 0 Å². The Balaban J connectivity index is 1.27. The summed E-state index contributed by atoms with van der Waals surface area (Å²) >= 11 is 0. The van der Waals surface area contributed by atoms with Crippen LogP contribution in [0.15, 0.2) is 24.3 Å². The molecule has 3 fully saturated rings. The Labute approximate surface area is 149 Å². The molecule has 4 rings (SSSR count). The zero-order chi connectivity index (χ0) is 17.2. The molecule has 5 nitrogen and oxygen atoms in total. The van der Waals surface area contributed by atoms with Crippen molar-refractivity contribution < 1.29 is 14.3 Å². The maximum absolute atomic E-state index is 12.4. The van der Waals surface area contributed by atoms with Crippen LogP contribution in [0.4, 0.5) is 0 Å². The highest BCUT2D eigenvalue weighted by Gasteiger charge is 2.38. The van der Waals surface area contributed by atoms with Gasteiger partial charge in [0.2, 0.25) is 0 Å². The van der Waals surface area contributed by atoms with E-state index in [0.717, 1.165) is 30.2 Å². The molecule has 0 bridgehead atoms. The second-order valence-corrected chi connectivity index (χ2v) is 7.52. The Kier molecular flexibility index (Phi) is 4.95. The molecule has 1 atom stereocenters. The number of amides is 1. The number of ether oxygens (including phenoxy) is 2. The number of nitrogens with zero attached hydrogens (tertiary/aromatic N) is 2. The lowest BCUT2D eigenvalue weighted by Crippen LogP contribution is -2.50. The smallest absolute Gasteiger partial charge is 0.254 e. The third kappa shape index (κ3) is 3.67. The Hall–Kier alpha value is -1.59. The average molecular weight is 344 g/mol. The predicted octanol–water partition coefficient (Wildman–Crippen LogP) is 2.55. The van der Waals surface area contributed by atoms with Crippen molar-refractivity contribution >= 4 is 5.91 Å². The minimum Gasteiger partial charge on any atom is -0.490 e. The Morgan fingerprint density at radius 1 is 1.12 bits per heavy atom. The monoisotopic (exact) mass is 344 g/mol. The van der Waals surface area contributed by atoms with E-state index >= 15 is 0 Å². The molecule has 0 spiro atoms. The molecule has 1 amide bonds. The van der Waals surface area contributed by atoms with Crippen LogP contribution in [0.2, 0.25) is 0 Å². The highest BCUT2D eigenvalue weighted by molar-refractivity contribution is 5.94. The molecule has 1 aliphatic carbocycles. The van der Waals surface area contributed by atoms with Crippen LogP contribution in [0.3, 0.4) is 0 Å². The van der Waals surface area contributed by atoms with Crippen molar-refractivity contribution in [2.75, 3.05) is 32.8 Å². The van der Waals surface area contributed by atoms with Crippen LogP contribution >= 0.6 is 0 Å². The minimum atomic E-state index is 0.0848. The van der Waals surface area contributed by atoms with Crippen molar-refractivity contribution in [1.29, 1.82) is 0 Å². The van der Waals surface area contributed by atoms with Crippen LogP contribution < -0.4 is 4.74 Å². The van der Waals surface area contributed by atoms with Crippen molar-refractivity contribution in [2.45, 2.75) is 50.8 Å². The molecular weight excluding hydrogens is 316 g/mol. The molecule has 1 saturated carbocycles. The van der Waals surface area contributed by atoms with E-state index in [1.165, 1.54) is 19.4 Å². The SMILES string of the molecule is CC1CCCN1C1CC(Oc2ccc(C(=O)N3CCOCC3)cc2)C1. The summed E-state index contributed by atoms with van der Waals surface area (Å²) in [6.45, 7) is 6.20. The first-order valence-corrected chi connectivity index (χ1v) is 9.60. The first-order chi connectivity index (χ1) is 12.2. The maximum Gasteiger partial charge on any atom is 0.254 e. The van der Waals surface area contributed by atoms with Gasteiger partial charge in [0, 0.05) is 43.6 Å². The van der Waals surface area contributed by atoms with Gasteiger partial charge in [0.15, 0.2) is 0 Å². The highest BCUT2D eigenvalue weighted by atomic mass is 16.5. The summed E-state index contributed by atoms with van der Waals surface area (Å²) in [7, 11) is 0. The van der Waals surface area contributed by atoms with Gasteiger partial charge in [-0.1, -0.05) is 0 Å². The second kappa shape index (κ2) is 7.34. The fourth-order valence-corrected chi connectivity index (χ4v) is 4.22. The summed E-state index contributed by atoms with van der Waals surface area (Å²) < 4.78 is 11.4. The largest absolute Gasteiger partial charge is 0.490 e. The second-order valence-electron chi connectivity index (χ2n) is 7.52. The summed E-state index contributed by atoms with van der Waals surface area (Å²) in [5.74, 6) is 0.957. The highest BCUT2D eigenvalue weighted by Crippen LogP contribution is 2.34. The van der Waals surface area contributed by atoms with Crippen LogP contribution in [0.5, 0.6) is 5.75 Å². The zero-order valence-corrected chi connectivity index (χ0v) is 15.0. The van der Waals surface area contributed by atoms with Crippen LogP contribution in [0, 0.1) is 0 Å². The first-order valence-electron chi connectivity index (χ1n) is 9.60. The number of hydrogen-bond acceptors (Lipinski definition) is 4. The molecule has 3 aliphatic rings. The lowest BCUT2D eigenvalue weighted by atomic mass is 9.87. The van der Waals surface area contributed by atoms with Crippen molar-refractivity contribution in [3.63, 3.8) is 0 Å². The maximum atomic E-state index is 12.4. The number of carbonyl (C=O) groups is 1. The predicted molar refractivity (Wildman–Crippen MR) is 96.0 cm³/mol. The average Bonchev–Trinajstić information content (AvgIpc) is 3.04. The number of rotatable bonds is 4. The number of carbonyl (C=O) groups excluding carboxylic acids is 1. The van der Waals surface area contributed by atoms with E-state index in [9.17, 15) is 4.79 Å². The van der Waals surface area contributed by atoms with Crippen LogP contribution in [0.25, 0.3) is 0 Å². The van der Waals surface area contributed by atoms with E-state index in [2.05, 4.69) is 11.8 Å². The fraction of sp³-hybridized carbons (Fsp3) is 0.650. The summed E-state index contributed by atoms with van der Waals surface area (Å²) in [4.78, 5) is 16.9. The Morgan fingerprint density at radius 3 is 2.48 bits per heavy atom. The number of hydrogen-bond donors (Lipinski definition) is 0. The third-order valence-electron chi connectivity index (χ3n) is 5.85. The van der Waals surface area contributed by atoms with E-state index in [0.29, 0.717) is 38.4 Å². The van der Waals surface area contributed by atoms with Gasteiger partial charge in [0.05, 0.1) is 13.2 Å². The van der Waals surface area contributed by atoms with E-state index < -0.39 is 0 Å². The molecule has 5 heteroatoms. The topological polar surface area (TPSA) is 42.0 Å². The number of morpholine rings is 1. The zero-order valence-electron chi connectivity index (χ0n) is 15.0. The van der Waals surface area contributed by atoms with Gasteiger partial charge in [-0.05, 0) is 50.6 Å². The number of benzene rings is 1. The molecule has 1 aromatic rings. The summed E-state index contributed by atoms with van der Waals surface area (Å²) in [6.07, 6.45) is 5.23. The van der Waals surface area contributed by atoms with Gasteiger partial charge in [0.1, 0.15) is 11.9 Å². The van der Waals surface area contributed by atoms with Gasteiger partial charge >= 0.3 is 0 Å². The lowest BCUT2D eigenvalue weighted by molar-refractivity contribution is 0.0141. The molecule has 0 radical (unpaired) electrons. The molecule has 136 valence electrons. The lowest BCUT2D eigenvalue weighted by Gasteiger charge is -2.42. The Morgan fingerprint density at radius 2 is 1.84 bits per heavy atom. The van der Waals surface area contributed by atoms with Gasteiger partial charge in [0.25, 0.3) is 5.91 Å². The molecule has 0 aromatic heterocycles. The molecule has 2 aliphatic heterocycles. The van der Waals surface area contributed by atoms with Crippen molar-refractivity contribution in [3.8, 4) is 5.75 Å². The van der Waals surface area contributed by atoms with Gasteiger partial charge in [-0.3, -0.25) is 9.69 Å². The molecule has 2 saturated heterocycles. The molecular formula is C20H28N2O3. The van der Waals surface area contributed by atoms with Crippen molar-refractivity contribution in [3.05, 3.63) is 29.8 Å². The summed E-state index contributed by atoms with van der Waals surface area (Å²) in [6, 6.07) is 9.05. The third-order valence-corrected chi connectivity index (χ3v) is 5.85. The van der Waals surface area contributed by atoms with E-state index in [1.807, 2.05) is 29.2 Å². The van der Waals surface area contributed by atoms with Crippen LogP contribution in [0.1, 0.15) is 43.0 Å². The van der Waals surface area contributed by atoms with Gasteiger partial charge in [-0.15, -0.1) is 0 Å². The van der Waals surface area contributed by atoms with E-state index in [4.69, 9.17) is 9.47 Å². The van der Waals surface area contributed by atoms with Gasteiger partial charge < -0.3 is 14.4 Å². The fourth-order valence-electron chi connectivity index (χ4n) is 4.22. The van der Waals surface area contributed by atoms with Crippen LogP contribution in [-0.4, -0.2) is 66.7 Å². The summed E-state index contributed by atoms with van der Waals surface area (Å²) in [5, 5.41) is 0. The molecule has 0 N–H and O–H groups in total. The Bertz CT molecular complexity index is 591. The van der Waals surface area contributed by atoms with E-state index in [1.54, 1.807) is 0 Å². The quantitative estimate of drug-likeness (QED) is 0.842. The van der Waals surface area contributed by atoms with Crippen LogP contribution in [-0.2, 0) is 4.74 Å². The van der Waals surface area contributed by atoms with E-state index in [-0.39, 0.29) is 5.91 Å². The van der Waals surface area contributed by atoms with Gasteiger partial charge in [-0.25, -0.2) is 0 Å². The first kappa shape index (κ1) is 16.9.